The molecule has 0 aliphatic carbocycles. The predicted molar refractivity (Wildman–Crippen MR) is 94.0 cm³/mol. The smallest absolute Gasteiger partial charge is 0.238 e. The third-order valence-electron chi connectivity index (χ3n) is 3.54. The molecule has 0 radical (unpaired) electrons. The molecule has 0 spiro atoms. The van der Waals surface area contributed by atoms with Gasteiger partial charge in [-0.2, -0.15) is 0 Å². The highest BCUT2D eigenvalue weighted by molar-refractivity contribution is 6.31. The first-order valence-electron chi connectivity index (χ1n) is 7.52. The van der Waals surface area contributed by atoms with E-state index >= 15 is 0 Å². The van der Waals surface area contributed by atoms with Gasteiger partial charge in [0, 0.05) is 17.3 Å². The SMILES string of the molecule is CCN(CC(=O)Nc1ccc(OC)cc1)Cc1ccccc1Cl. The fourth-order valence-electron chi connectivity index (χ4n) is 2.22. The average molecular weight is 333 g/mol. The molecular formula is C18H21ClN2O2. The first-order valence-corrected chi connectivity index (χ1v) is 7.90. The van der Waals surface area contributed by atoms with E-state index in [4.69, 9.17) is 16.3 Å². The number of methoxy groups -OCH3 is 1. The Hall–Kier alpha value is -2.04. The molecule has 5 heteroatoms. The van der Waals surface area contributed by atoms with Crippen LogP contribution in [0.3, 0.4) is 0 Å². The zero-order valence-electron chi connectivity index (χ0n) is 13.4. The molecular weight excluding hydrogens is 312 g/mol. The third kappa shape index (κ3) is 5.27. The van der Waals surface area contributed by atoms with Crippen LogP contribution in [0.5, 0.6) is 5.75 Å². The highest BCUT2D eigenvalue weighted by atomic mass is 35.5. The Bertz CT molecular complexity index is 644. The van der Waals surface area contributed by atoms with Crippen LogP contribution in [0.25, 0.3) is 0 Å². The molecule has 0 aromatic heterocycles. The lowest BCUT2D eigenvalue weighted by Crippen LogP contribution is -2.32. The summed E-state index contributed by atoms with van der Waals surface area (Å²) in [6, 6.07) is 15.0. The number of likely N-dealkylation sites (N-methyl/N-ethyl adjacent to an activating group) is 1. The van der Waals surface area contributed by atoms with Crippen LogP contribution in [0.1, 0.15) is 12.5 Å². The molecule has 1 amide bonds. The monoisotopic (exact) mass is 332 g/mol. The predicted octanol–water partition coefficient (Wildman–Crippen LogP) is 3.81. The van der Waals surface area contributed by atoms with Gasteiger partial charge in [-0.1, -0.05) is 36.7 Å². The van der Waals surface area contributed by atoms with Gasteiger partial charge in [-0.15, -0.1) is 0 Å². The lowest BCUT2D eigenvalue weighted by atomic mass is 10.2. The maximum atomic E-state index is 12.2. The Morgan fingerprint density at radius 3 is 2.48 bits per heavy atom. The number of amides is 1. The number of benzene rings is 2. The molecule has 2 aromatic rings. The van der Waals surface area contributed by atoms with Crippen LogP contribution in [-0.4, -0.2) is 31.0 Å². The van der Waals surface area contributed by atoms with Crippen LogP contribution in [0, 0.1) is 0 Å². The van der Waals surface area contributed by atoms with Crippen molar-refractivity contribution in [3.63, 3.8) is 0 Å². The van der Waals surface area contributed by atoms with Gasteiger partial charge in [-0.25, -0.2) is 0 Å². The normalized spacial score (nSPS) is 10.6. The fourth-order valence-corrected chi connectivity index (χ4v) is 2.42. The standard InChI is InChI=1S/C18H21ClN2O2/c1-3-21(12-14-6-4-5-7-17(14)19)13-18(22)20-15-8-10-16(23-2)11-9-15/h4-11H,3,12-13H2,1-2H3,(H,20,22). The zero-order valence-corrected chi connectivity index (χ0v) is 14.1. The van der Waals surface area contributed by atoms with Crippen LogP contribution < -0.4 is 10.1 Å². The lowest BCUT2D eigenvalue weighted by Gasteiger charge is -2.20. The summed E-state index contributed by atoms with van der Waals surface area (Å²) < 4.78 is 5.10. The van der Waals surface area contributed by atoms with Crippen molar-refractivity contribution in [3.8, 4) is 5.75 Å². The number of carbonyl (C=O) groups is 1. The van der Waals surface area contributed by atoms with Crippen molar-refractivity contribution in [1.29, 1.82) is 0 Å². The topological polar surface area (TPSA) is 41.6 Å². The van der Waals surface area contributed by atoms with E-state index in [0.717, 1.165) is 28.6 Å². The summed E-state index contributed by atoms with van der Waals surface area (Å²) in [5.74, 6) is 0.709. The number of rotatable bonds is 7. The van der Waals surface area contributed by atoms with Gasteiger partial charge in [0.1, 0.15) is 5.75 Å². The van der Waals surface area contributed by atoms with E-state index in [2.05, 4.69) is 5.32 Å². The van der Waals surface area contributed by atoms with Gasteiger partial charge in [0.15, 0.2) is 0 Å². The molecule has 0 unspecified atom stereocenters. The second kappa shape index (κ2) is 8.56. The highest BCUT2D eigenvalue weighted by Crippen LogP contribution is 2.17. The van der Waals surface area contributed by atoms with E-state index in [9.17, 15) is 4.79 Å². The molecule has 0 bridgehead atoms. The molecule has 0 fully saturated rings. The summed E-state index contributed by atoms with van der Waals surface area (Å²) in [7, 11) is 1.61. The molecule has 0 saturated carbocycles. The van der Waals surface area contributed by atoms with Gasteiger partial charge in [0.2, 0.25) is 5.91 Å². The Kier molecular flexibility index (Phi) is 6.44. The fraction of sp³-hybridized carbons (Fsp3) is 0.278. The minimum Gasteiger partial charge on any atom is -0.497 e. The zero-order chi connectivity index (χ0) is 16.7. The minimum absolute atomic E-state index is 0.0518. The molecule has 0 aliphatic rings. The van der Waals surface area contributed by atoms with Crippen molar-refractivity contribution in [2.45, 2.75) is 13.5 Å². The summed E-state index contributed by atoms with van der Waals surface area (Å²) in [5, 5.41) is 3.61. The molecule has 0 heterocycles. The number of hydrogen-bond donors (Lipinski definition) is 1. The molecule has 0 saturated heterocycles. The van der Waals surface area contributed by atoms with Crippen molar-refractivity contribution in [2.75, 3.05) is 25.5 Å². The number of nitrogens with zero attached hydrogens (tertiary/aromatic N) is 1. The molecule has 1 N–H and O–H groups in total. The number of nitrogens with one attached hydrogen (secondary N) is 1. The molecule has 0 atom stereocenters. The van der Waals surface area contributed by atoms with Crippen LogP contribution in [0.15, 0.2) is 48.5 Å². The minimum atomic E-state index is -0.0518. The van der Waals surface area contributed by atoms with Crippen LogP contribution in [0.4, 0.5) is 5.69 Å². The van der Waals surface area contributed by atoms with Crippen LogP contribution >= 0.6 is 11.6 Å². The summed E-state index contributed by atoms with van der Waals surface area (Å²) in [6.45, 7) is 3.75. The van der Waals surface area contributed by atoms with Gasteiger partial charge >= 0.3 is 0 Å². The summed E-state index contributed by atoms with van der Waals surface area (Å²) >= 11 is 6.18. The van der Waals surface area contributed by atoms with Crippen molar-refractivity contribution in [1.82, 2.24) is 4.90 Å². The van der Waals surface area contributed by atoms with Gasteiger partial charge in [0.25, 0.3) is 0 Å². The van der Waals surface area contributed by atoms with Gasteiger partial charge in [-0.3, -0.25) is 9.69 Å². The Labute approximate surface area is 142 Å². The number of halogens is 1. The Morgan fingerprint density at radius 2 is 1.87 bits per heavy atom. The maximum absolute atomic E-state index is 12.2. The van der Waals surface area contributed by atoms with Gasteiger partial charge < -0.3 is 10.1 Å². The molecule has 2 aromatic carbocycles. The van der Waals surface area contributed by atoms with E-state index < -0.39 is 0 Å². The molecule has 23 heavy (non-hydrogen) atoms. The second-order valence-electron chi connectivity index (χ2n) is 5.17. The Morgan fingerprint density at radius 1 is 1.17 bits per heavy atom. The Balaban J connectivity index is 1.92. The van der Waals surface area contributed by atoms with Crippen molar-refractivity contribution in [3.05, 3.63) is 59.1 Å². The number of carbonyl (C=O) groups excluding carboxylic acids is 1. The number of ether oxygens (including phenoxy) is 1. The first-order chi connectivity index (χ1) is 11.1. The lowest BCUT2D eigenvalue weighted by molar-refractivity contribution is -0.117. The summed E-state index contributed by atoms with van der Waals surface area (Å²) in [6.07, 6.45) is 0. The van der Waals surface area contributed by atoms with Crippen LogP contribution in [0.2, 0.25) is 5.02 Å². The largest absolute Gasteiger partial charge is 0.497 e. The first kappa shape index (κ1) is 17.3. The van der Waals surface area contributed by atoms with E-state index in [1.807, 2.05) is 60.4 Å². The van der Waals surface area contributed by atoms with E-state index in [-0.39, 0.29) is 5.91 Å². The summed E-state index contributed by atoms with van der Waals surface area (Å²) in [4.78, 5) is 14.2. The molecule has 4 nitrogen and oxygen atoms in total. The van der Waals surface area contributed by atoms with E-state index in [1.54, 1.807) is 7.11 Å². The average Bonchev–Trinajstić information content (AvgIpc) is 2.56. The van der Waals surface area contributed by atoms with Crippen molar-refractivity contribution in [2.24, 2.45) is 0 Å². The van der Waals surface area contributed by atoms with Crippen molar-refractivity contribution >= 4 is 23.2 Å². The highest BCUT2D eigenvalue weighted by Gasteiger charge is 2.11. The van der Waals surface area contributed by atoms with Gasteiger partial charge in [-0.05, 0) is 42.4 Å². The van der Waals surface area contributed by atoms with Crippen LogP contribution in [-0.2, 0) is 11.3 Å². The molecule has 2 rings (SSSR count). The third-order valence-corrected chi connectivity index (χ3v) is 3.91. The molecule has 0 aliphatic heterocycles. The van der Waals surface area contributed by atoms with E-state index in [0.29, 0.717) is 13.1 Å². The van der Waals surface area contributed by atoms with Crippen molar-refractivity contribution < 1.29 is 9.53 Å². The quantitative estimate of drug-likeness (QED) is 0.838. The number of hydrogen-bond acceptors (Lipinski definition) is 3. The maximum Gasteiger partial charge on any atom is 0.238 e. The van der Waals surface area contributed by atoms with E-state index in [1.165, 1.54) is 0 Å². The summed E-state index contributed by atoms with van der Waals surface area (Å²) in [5.41, 5.74) is 1.78. The number of anilines is 1. The molecule has 122 valence electrons. The second-order valence-corrected chi connectivity index (χ2v) is 5.58. The van der Waals surface area contributed by atoms with Gasteiger partial charge in [0.05, 0.1) is 13.7 Å².